The van der Waals surface area contributed by atoms with Crippen molar-refractivity contribution in [1.29, 1.82) is 0 Å². The van der Waals surface area contributed by atoms with Crippen molar-refractivity contribution in [3.05, 3.63) is 29.8 Å². The molecule has 1 aliphatic carbocycles. The Kier molecular flexibility index (Phi) is 3.98. The molecule has 2 aliphatic rings. The highest BCUT2D eigenvalue weighted by Gasteiger charge is 2.71. The SMILES string of the molecule is COC1=CC(=O)C[C@@H](C(F)(F)F)[C@@]12Oc1cc(F)c(OC)cc1S2(=O)=O. The molecule has 3 rings (SSSR count). The molecule has 11 heteroatoms. The molecule has 1 aromatic rings. The van der Waals surface area contributed by atoms with Crippen LogP contribution in [0, 0.1) is 11.7 Å². The molecule has 142 valence electrons. The van der Waals surface area contributed by atoms with Gasteiger partial charge in [-0.25, -0.2) is 12.8 Å². The summed E-state index contributed by atoms with van der Waals surface area (Å²) in [5.41, 5.74) is 0. The van der Waals surface area contributed by atoms with Gasteiger partial charge in [-0.1, -0.05) is 0 Å². The summed E-state index contributed by atoms with van der Waals surface area (Å²) in [4.78, 5) is 7.96. The van der Waals surface area contributed by atoms with Gasteiger partial charge in [-0.05, 0) is 0 Å². The number of hydrogen-bond acceptors (Lipinski definition) is 6. The van der Waals surface area contributed by atoms with Gasteiger partial charge < -0.3 is 14.2 Å². The van der Waals surface area contributed by atoms with E-state index in [0.29, 0.717) is 12.1 Å². The van der Waals surface area contributed by atoms with Crippen molar-refractivity contribution in [3.8, 4) is 11.5 Å². The molecule has 0 amide bonds. The fourth-order valence-electron chi connectivity index (χ4n) is 3.13. The van der Waals surface area contributed by atoms with Gasteiger partial charge in [0.15, 0.2) is 23.1 Å². The Bertz CT molecular complexity index is 921. The van der Waals surface area contributed by atoms with Gasteiger partial charge in [-0.2, -0.15) is 13.2 Å². The first kappa shape index (κ1) is 18.5. The van der Waals surface area contributed by atoms with Crippen LogP contribution in [-0.4, -0.2) is 39.5 Å². The minimum absolute atomic E-state index is 0.480. The number of hydrogen-bond donors (Lipinski definition) is 0. The maximum atomic E-state index is 13.9. The van der Waals surface area contributed by atoms with Gasteiger partial charge in [0.05, 0.1) is 14.2 Å². The van der Waals surface area contributed by atoms with Crippen LogP contribution in [-0.2, 0) is 19.4 Å². The summed E-state index contributed by atoms with van der Waals surface area (Å²) in [7, 11) is -2.88. The lowest BCUT2D eigenvalue weighted by Crippen LogP contribution is -2.57. The summed E-state index contributed by atoms with van der Waals surface area (Å²) in [6.07, 6.45) is -5.60. The van der Waals surface area contributed by atoms with E-state index < -0.39 is 67.0 Å². The van der Waals surface area contributed by atoms with Crippen LogP contribution in [0.15, 0.2) is 28.9 Å². The molecule has 0 N–H and O–H groups in total. The first-order valence-electron chi connectivity index (χ1n) is 7.16. The van der Waals surface area contributed by atoms with Crippen molar-refractivity contribution in [2.24, 2.45) is 5.92 Å². The van der Waals surface area contributed by atoms with Crippen LogP contribution in [0.3, 0.4) is 0 Å². The molecule has 0 saturated heterocycles. The van der Waals surface area contributed by atoms with Gasteiger partial charge in [-0.15, -0.1) is 0 Å². The van der Waals surface area contributed by atoms with E-state index in [2.05, 4.69) is 4.74 Å². The highest BCUT2D eigenvalue weighted by molar-refractivity contribution is 7.93. The average Bonchev–Trinajstić information content (AvgIpc) is 2.75. The van der Waals surface area contributed by atoms with Crippen molar-refractivity contribution in [1.82, 2.24) is 0 Å². The number of fused-ring (bicyclic) bond motifs is 1. The number of methoxy groups -OCH3 is 2. The summed E-state index contributed by atoms with van der Waals surface area (Å²) in [5.74, 6) is -6.62. The van der Waals surface area contributed by atoms with E-state index in [0.717, 1.165) is 20.3 Å². The van der Waals surface area contributed by atoms with Crippen molar-refractivity contribution in [2.45, 2.75) is 22.4 Å². The second kappa shape index (κ2) is 5.60. The molecule has 2 atom stereocenters. The minimum Gasteiger partial charge on any atom is -0.496 e. The third-order valence-corrected chi connectivity index (χ3v) is 6.55. The quantitative estimate of drug-likeness (QED) is 0.564. The third-order valence-electron chi connectivity index (χ3n) is 4.28. The number of halogens is 4. The summed E-state index contributed by atoms with van der Waals surface area (Å²) < 4.78 is 95.5. The number of sulfone groups is 1. The molecule has 0 fully saturated rings. The molecule has 1 aliphatic heterocycles. The Morgan fingerprint density at radius 3 is 2.42 bits per heavy atom. The first-order valence-corrected chi connectivity index (χ1v) is 8.64. The Morgan fingerprint density at radius 2 is 1.88 bits per heavy atom. The fourth-order valence-corrected chi connectivity index (χ4v) is 5.28. The predicted molar refractivity (Wildman–Crippen MR) is 77.8 cm³/mol. The largest absolute Gasteiger partial charge is 0.496 e. The third kappa shape index (κ3) is 2.29. The molecule has 1 heterocycles. The Labute approximate surface area is 145 Å². The second-order valence-electron chi connectivity index (χ2n) is 5.68. The Balaban J connectivity index is 2.34. The summed E-state index contributed by atoms with van der Waals surface area (Å²) in [6.45, 7) is 0. The van der Waals surface area contributed by atoms with Gasteiger partial charge in [0.2, 0.25) is 9.84 Å². The number of alkyl halides is 3. The zero-order chi connectivity index (χ0) is 19.5. The zero-order valence-electron chi connectivity index (χ0n) is 13.4. The summed E-state index contributed by atoms with van der Waals surface area (Å²) >= 11 is 0. The van der Waals surface area contributed by atoms with Crippen LogP contribution in [0.25, 0.3) is 0 Å². The van der Waals surface area contributed by atoms with Gasteiger partial charge >= 0.3 is 6.18 Å². The van der Waals surface area contributed by atoms with Crippen LogP contribution >= 0.6 is 0 Å². The van der Waals surface area contributed by atoms with Gasteiger partial charge in [0.25, 0.3) is 4.93 Å². The lowest BCUT2D eigenvalue weighted by atomic mass is 9.88. The summed E-state index contributed by atoms with van der Waals surface area (Å²) in [6, 6.07) is 1.36. The highest BCUT2D eigenvalue weighted by Crippen LogP contribution is 2.56. The maximum absolute atomic E-state index is 13.9. The number of rotatable bonds is 2. The maximum Gasteiger partial charge on any atom is 0.397 e. The van der Waals surface area contributed by atoms with Crippen molar-refractivity contribution in [2.75, 3.05) is 14.2 Å². The van der Waals surface area contributed by atoms with Crippen LogP contribution in [0.4, 0.5) is 17.6 Å². The van der Waals surface area contributed by atoms with E-state index in [1.165, 1.54) is 0 Å². The first-order chi connectivity index (χ1) is 12.0. The minimum atomic E-state index is -5.11. The molecule has 0 radical (unpaired) electrons. The van der Waals surface area contributed by atoms with E-state index in [1.54, 1.807) is 0 Å². The molecule has 0 aromatic heterocycles. The monoisotopic (exact) mass is 396 g/mol. The Hall–Kier alpha value is -2.30. The molecular weight excluding hydrogens is 384 g/mol. The fraction of sp³-hybridized carbons (Fsp3) is 0.400. The lowest BCUT2D eigenvalue weighted by molar-refractivity contribution is -0.205. The topological polar surface area (TPSA) is 78.9 Å². The standard InChI is InChI=1S/C15H12F4O6S/c1-23-9-6-11-10(5-8(9)16)25-14(26(11,21)22)12(15(17,18)19)3-7(20)4-13(14)24-2/h4-6,12H,3H2,1-2H3/t12-,14+/m1/s1. The summed E-state index contributed by atoms with van der Waals surface area (Å²) in [5, 5.41) is 0. The predicted octanol–water partition coefficient (Wildman–Crippen LogP) is 2.38. The zero-order valence-corrected chi connectivity index (χ0v) is 14.2. The normalized spacial score (nSPS) is 26.9. The molecular formula is C15H12F4O6S. The smallest absolute Gasteiger partial charge is 0.397 e. The number of allylic oxidation sites excluding steroid dienone is 1. The lowest BCUT2D eigenvalue weighted by Gasteiger charge is -2.38. The number of ether oxygens (including phenoxy) is 3. The van der Waals surface area contributed by atoms with Gasteiger partial charge in [-0.3, -0.25) is 4.79 Å². The van der Waals surface area contributed by atoms with Crippen molar-refractivity contribution >= 4 is 15.6 Å². The molecule has 6 nitrogen and oxygen atoms in total. The second-order valence-corrected chi connectivity index (χ2v) is 7.74. The molecule has 1 aromatic carbocycles. The van der Waals surface area contributed by atoms with Crippen LogP contribution in [0.2, 0.25) is 0 Å². The van der Waals surface area contributed by atoms with Crippen LogP contribution < -0.4 is 9.47 Å². The van der Waals surface area contributed by atoms with E-state index in [1.807, 2.05) is 0 Å². The number of carbonyl (C=O) groups excluding carboxylic acids is 1. The molecule has 0 saturated carbocycles. The molecule has 0 bridgehead atoms. The van der Waals surface area contributed by atoms with Crippen LogP contribution in [0.1, 0.15) is 6.42 Å². The number of carbonyl (C=O) groups is 1. The van der Waals surface area contributed by atoms with Gasteiger partial charge in [0.1, 0.15) is 16.6 Å². The van der Waals surface area contributed by atoms with Crippen LogP contribution in [0.5, 0.6) is 11.5 Å². The van der Waals surface area contributed by atoms with E-state index in [4.69, 9.17) is 9.47 Å². The molecule has 1 spiro atoms. The van der Waals surface area contributed by atoms with E-state index in [-0.39, 0.29) is 0 Å². The Morgan fingerprint density at radius 1 is 1.23 bits per heavy atom. The average molecular weight is 396 g/mol. The van der Waals surface area contributed by atoms with Crippen molar-refractivity contribution < 1.29 is 45.0 Å². The van der Waals surface area contributed by atoms with Gasteiger partial charge in [0, 0.05) is 24.6 Å². The number of ketones is 1. The van der Waals surface area contributed by atoms with E-state index in [9.17, 15) is 30.8 Å². The van der Waals surface area contributed by atoms with E-state index >= 15 is 0 Å². The van der Waals surface area contributed by atoms with Crippen molar-refractivity contribution in [3.63, 3.8) is 0 Å². The highest BCUT2D eigenvalue weighted by atomic mass is 32.2. The molecule has 0 unspecified atom stereocenters. The number of benzene rings is 1. The molecule has 26 heavy (non-hydrogen) atoms.